The van der Waals surface area contributed by atoms with Crippen LogP contribution in [0.1, 0.15) is 49.0 Å². The molecule has 2 unspecified atom stereocenters. The number of hydrogen-bond acceptors (Lipinski definition) is 5. The first-order chi connectivity index (χ1) is 9.22. The van der Waals surface area contributed by atoms with Crippen molar-refractivity contribution >= 4 is 11.9 Å². The van der Waals surface area contributed by atoms with Crippen molar-refractivity contribution in [3.8, 4) is 0 Å². The molecule has 0 spiro atoms. The van der Waals surface area contributed by atoms with E-state index in [1.807, 2.05) is 0 Å². The Hall–Kier alpha value is -1.85. The van der Waals surface area contributed by atoms with E-state index in [0.29, 0.717) is 5.95 Å². The molecule has 0 radical (unpaired) electrons. The molecule has 3 rings (SSSR count). The lowest BCUT2D eigenvalue weighted by atomic mass is 9.91. The predicted molar refractivity (Wildman–Crippen MR) is 69.4 cm³/mol. The monoisotopic (exact) mass is 263 g/mol. The molecule has 19 heavy (non-hydrogen) atoms. The van der Waals surface area contributed by atoms with Crippen LogP contribution >= 0.6 is 0 Å². The maximum Gasteiger partial charge on any atom is 0.345 e. The summed E-state index contributed by atoms with van der Waals surface area (Å²) in [5, 5.41) is 3.28. The van der Waals surface area contributed by atoms with Crippen molar-refractivity contribution < 1.29 is 9.53 Å². The zero-order chi connectivity index (χ0) is 13.4. The SMILES string of the molecule is CCOC(=O)c1cnc2n(c1=O)C1CCCCC1N2. The number of carbonyl (C=O) groups is 1. The van der Waals surface area contributed by atoms with E-state index in [4.69, 9.17) is 4.74 Å². The highest BCUT2D eigenvalue weighted by Crippen LogP contribution is 2.35. The standard InChI is InChI=1S/C13H17N3O3/c1-2-19-12(18)8-7-14-13-15-9-5-3-4-6-10(9)16(13)11(8)17/h7,9-10H,2-6H2,1H3,(H,14,15). The lowest BCUT2D eigenvalue weighted by Crippen LogP contribution is -2.32. The fourth-order valence-corrected chi connectivity index (χ4v) is 2.99. The molecule has 0 saturated heterocycles. The molecule has 0 amide bonds. The van der Waals surface area contributed by atoms with Gasteiger partial charge in [-0.2, -0.15) is 0 Å². The number of ether oxygens (including phenoxy) is 1. The molecule has 0 bridgehead atoms. The summed E-state index contributed by atoms with van der Waals surface area (Å²) in [6.07, 6.45) is 5.59. The zero-order valence-electron chi connectivity index (χ0n) is 10.9. The smallest absolute Gasteiger partial charge is 0.345 e. The lowest BCUT2D eigenvalue weighted by Gasteiger charge is -2.25. The van der Waals surface area contributed by atoms with E-state index < -0.39 is 5.97 Å². The molecule has 1 aliphatic carbocycles. The molecule has 1 fully saturated rings. The number of hydrogen-bond donors (Lipinski definition) is 1. The number of rotatable bonds is 2. The summed E-state index contributed by atoms with van der Waals surface area (Å²) >= 11 is 0. The molecule has 1 N–H and O–H groups in total. The van der Waals surface area contributed by atoms with Gasteiger partial charge in [-0.1, -0.05) is 12.8 Å². The molecule has 1 aliphatic heterocycles. The molecule has 2 aliphatic rings. The van der Waals surface area contributed by atoms with Gasteiger partial charge in [-0.25, -0.2) is 9.78 Å². The molecule has 6 nitrogen and oxygen atoms in total. The minimum Gasteiger partial charge on any atom is -0.462 e. The third-order valence-corrected chi connectivity index (χ3v) is 3.86. The van der Waals surface area contributed by atoms with E-state index >= 15 is 0 Å². The van der Waals surface area contributed by atoms with Gasteiger partial charge in [0.2, 0.25) is 5.95 Å². The third-order valence-electron chi connectivity index (χ3n) is 3.86. The van der Waals surface area contributed by atoms with Gasteiger partial charge in [-0.05, 0) is 19.8 Å². The van der Waals surface area contributed by atoms with Gasteiger partial charge in [0.15, 0.2) is 0 Å². The highest BCUT2D eigenvalue weighted by molar-refractivity contribution is 5.88. The van der Waals surface area contributed by atoms with E-state index in [1.54, 1.807) is 11.5 Å². The molecule has 1 aromatic rings. The Morgan fingerprint density at radius 2 is 2.32 bits per heavy atom. The van der Waals surface area contributed by atoms with Crippen LogP contribution in [0.15, 0.2) is 11.0 Å². The number of anilines is 1. The van der Waals surface area contributed by atoms with Gasteiger partial charge >= 0.3 is 5.97 Å². The van der Waals surface area contributed by atoms with E-state index in [1.165, 1.54) is 12.6 Å². The van der Waals surface area contributed by atoms with Gasteiger partial charge in [-0.3, -0.25) is 9.36 Å². The summed E-state index contributed by atoms with van der Waals surface area (Å²) in [6, 6.07) is 0.393. The summed E-state index contributed by atoms with van der Waals surface area (Å²) in [5.74, 6) is -0.00971. The van der Waals surface area contributed by atoms with E-state index in [-0.39, 0.29) is 29.8 Å². The lowest BCUT2D eigenvalue weighted by molar-refractivity contribution is 0.0522. The fourth-order valence-electron chi connectivity index (χ4n) is 2.99. The van der Waals surface area contributed by atoms with Crippen molar-refractivity contribution in [1.29, 1.82) is 0 Å². The number of fused-ring (bicyclic) bond motifs is 3. The maximum absolute atomic E-state index is 12.4. The number of nitrogens with zero attached hydrogens (tertiary/aromatic N) is 2. The van der Waals surface area contributed by atoms with Gasteiger partial charge in [-0.15, -0.1) is 0 Å². The number of esters is 1. The largest absolute Gasteiger partial charge is 0.462 e. The van der Waals surface area contributed by atoms with Crippen LogP contribution in [-0.4, -0.2) is 28.2 Å². The Morgan fingerprint density at radius 1 is 1.53 bits per heavy atom. The Labute approximate surface area is 110 Å². The average Bonchev–Trinajstić information content (AvgIpc) is 2.78. The Balaban J connectivity index is 2.02. The molecule has 102 valence electrons. The maximum atomic E-state index is 12.4. The summed E-state index contributed by atoms with van der Waals surface area (Å²) in [6.45, 7) is 1.97. The van der Waals surface area contributed by atoms with E-state index in [0.717, 1.165) is 19.3 Å². The van der Waals surface area contributed by atoms with Gasteiger partial charge in [0.05, 0.1) is 18.8 Å². The van der Waals surface area contributed by atoms with Gasteiger partial charge in [0.25, 0.3) is 5.56 Å². The minimum absolute atomic E-state index is 0.0265. The predicted octanol–water partition coefficient (Wildman–Crippen LogP) is 1.33. The van der Waals surface area contributed by atoms with Crippen molar-refractivity contribution in [2.45, 2.75) is 44.7 Å². The first kappa shape index (κ1) is 12.2. The van der Waals surface area contributed by atoms with Crippen molar-refractivity contribution in [2.75, 3.05) is 11.9 Å². The molecular formula is C13H17N3O3. The van der Waals surface area contributed by atoms with Crippen LogP contribution in [0.2, 0.25) is 0 Å². The quantitative estimate of drug-likeness (QED) is 0.815. The molecule has 1 aromatic heterocycles. The normalized spacial score (nSPS) is 24.3. The second-order valence-electron chi connectivity index (χ2n) is 4.99. The van der Waals surface area contributed by atoms with Crippen LogP contribution in [-0.2, 0) is 4.74 Å². The van der Waals surface area contributed by atoms with Gasteiger partial charge in [0, 0.05) is 6.04 Å². The number of aromatic nitrogens is 2. The summed E-state index contributed by atoms with van der Waals surface area (Å²) in [5.41, 5.74) is -0.260. The average molecular weight is 263 g/mol. The topological polar surface area (TPSA) is 73.2 Å². The Kier molecular flexibility index (Phi) is 3.00. The van der Waals surface area contributed by atoms with Crippen LogP contribution in [0.25, 0.3) is 0 Å². The molecule has 0 aromatic carbocycles. The van der Waals surface area contributed by atoms with Gasteiger partial charge in [0.1, 0.15) is 5.56 Å². The first-order valence-electron chi connectivity index (χ1n) is 6.77. The minimum atomic E-state index is -0.588. The number of nitrogens with one attached hydrogen (secondary N) is 1. The summed E-state index contributed by atoms with van der Waals surface area (Å²) < 4.78 is 6.53. The van der Waals surface area contributed by atoms with Crippen molar-refractivity contribution in [2.24, 2.45) is 0 Å². The first-order valence-corrected chi connectivity index (χ1v) is 6.77. The second-order valence-corrected chi connectivity index (χ2v) is 4.99. The Morgan fingerprint density at radius 3 is 3.11 bits per heavy atom. The van der Waals surface area contributed by atoms with Crippen LogP contribution < -0.4 is 10.9 Å². The van der Waals surface area contributed by atoms with Crippen molar-refractivity contribution in [3.63, 3.8) is 0 Å². The highest BCUT2D eigenvalue weighted by atomic mass is 16.5. The van der Waals surface area contributed by atoms with E-state index in [9.17, 15) is 9.59 Å². The van der Waals surface area contributed by atoms with E-state index in [2.05, 4.69) is 10.3 Å². The molecule has 6 heteroatoms. The van der Waals surface area contributed by atoms with Crippen LogP contribution in [0, 0.1) is 0 Å². The van der Waals surface area contributed by atoms with Crippen molar-refractivity contribution in [3.05, 3.63) is 22.1 Å². The van der Waals surface area contributed by atoms with Crippen molar-refractivity contribution in [1.82, 2.24) is 9.55 Å². The number of carbonyl (C=O) groups excluding carboxylic acids is 1. The fraction of sp³-hybridized carbons (Fsp3) is 0.615. The molecule has 2 atom stereocenters. The summed E-state index contributed by atoms with van der Waals surface area (Å²) in [7, 11) is 0. The molecular weight excluding hydrogens is 246 g/mol. The molecule has 2 heterocycles. The highest BCUT2D eigenvalue weighted by Gasteiger charge is 2.36. The van der Waals surface area contributed by atoms with Crippen LogP contribution in [0.5, 0.6) is 0 Å². The zero-order valence-corrected chi connectivity index (χ0v) is 10.9. The summed E-state index contributed by atoms with van der Waals surface area (Å²) in [4.78, 5) is 28.3. The van der Waals surface area contributed by atoms with Crippen LogP contribution in [0.4, 0.5) is 5.95 Å². The second kappa shape index (κ2) is 4.68. The molecule has 1 saturated carbocycles. The third kappa shape index (κ3) is 1.91. The van der Waals surface area contributed by atoms with Gasteiger partial charge < -0.3 is 10.1 Å². The Bertz CT molecular complexity index is 567. The van der Waals surface area contributed by atoms with Crippen LogP contribution in [0.3, 0.4) is 0 Å².